The van der Waals surface area contributed by atoms with Crippen molar-refractivity contribution < 1.29 is 13.6 Å². The summed E-state index contributed by atoms with van der Waals surface area (Å²) in [7, 11) is 0. The van der Waals surface area contributed by atoms with Gasteiger partial charge in [-0.25, -0.2) is 8.78 Å². The highest BCUT2D eigenvalue weighted by Crippen LogP contribution is 2.19. The van der Waals surface area contributed by atoms with Gasteiger partial charge in [0.2, 0.25) is 0 Å². The topological polar surface area (TPSA) is 48.5 Å². The van der Waals surface area contributed by atoms with Gasteiger partial charge in [0.15, 0.2) is 11.6 Å². The molecular formula is C18H20F2N4O. The third-order valence-corrected chi connectivity index (χ3v) is 4.35. The first kappa shape index (κ1) is 17.3. The smallest absolute Gasteiger partial charge is 0.257 e. The van der Waals surface area contributed by atoms with Crippen LogP contribution in [0.25, 0.3) is 0 Å². The molecule has 2 heterocycles. The average molecular weight is 346 g/mol. The van der Waals surface area contributed by atoms with E-state index in [2.05, 4.69) is 27.0 Å². The Morgan fingerprint density at radius 3 is 2.56 bits per heavy atom. The molecule has 132 valence electrons. The zero-order valence-corrected chi connectivity index (χ0v) is 14.0. The fourth-order valence-corrected chi connectivity index (χ4v) is 2.82. The van der Waals surface area contributed by atoms with Crippen molar-refractivity contribution in [2.24, 2.45) is 0 Å². The number of aromatic nitrogens is 1. The van der Waals surface area contributed by atoms with Gasteiger partial charge < -0.3 is 15.1 Å². The van der Waals surface area contributed by atoms with Gasteiger partial charge in [0, 0.05) is 44.1 Å². The molecule has 1 aliphatic heterocycles. The van der Waals surface area contributed by atoms with Crippen LogP contribution < -0.4 is 10.2 Å². The fraction of sp³-hybridized carbons (Fsp3) is 0.333. The van der Waals surface area contributed by atoms with Crippen LogP contribution in [0.3, 0.4) is 0 Å². The summed E-state index contributed by atoms with van der Waals surface area (Å²) < 4.78 is 26.2. The lowest BCUT2D eigenvalue weighted by atomic mass is 10.2. The lowest BCUT2D eigenvalue weighted by molar-refractivity contribution is 0.102. The summed E-state index contributed by atoms with van der Waals surface area (Å²) in [5.41, 5.74) is 1.46. The maximum atomic E-state index is 13.3. The third kappa shape index (κ3) is 4.11. The summed E-state index contributed by atoms with van der Waals surface area (Å²) in [6, 6.07) is 5.02. The molecule has 1 aromatic carbocycles. The first-order valence-corrected chi connectivity index (χ1v) is 8.25. The second kappa shape index (κ2) is 7.57. The summed E-state index contributed by atoms with van der Waals surface area (Å²) in [5.74, 6) is -2.36. The average Bonchev–Trinajstić information content (AvgIpc) is 2.65. The summed E-state index contributed by atoms with van der Waals surface area (Å²) in [6.07, 6.45) is 3.19. The lowest BCUT2D eigenvalue weighted by Gasteiger charge is -2.35. The normalized spacial score (nSPS) is 15.2. The molecule has 0 atom stereocenters. The number of halogens is 2. The number of hydrogen-bond donors (Lipinski definition) is 1. The Morgan fingerprint density at radius 1 is 1.12 bits per heavy atom. The van der Waals surface area contributed by atoms with Crippen LogP contribution >= 0.6 is 0 Å². The molecule has 25 heavy (non-hydrogen) atoms. The monoisotopic (exact) mass is 346 g/mol. The second-order valence-electron chi connectivity index (χ2n) is 5.94. The van der Waals surface area contributed by atoms with E-state index in [-0.39, 0.29) is 5.69 Å². The zero-order valence-electron chi connectivity index (χ0n) is 14.0. The van der Waals surface area contributed by atoms with Crippen molar-refractivity contribution in [3.05, 3.63) is 53.9 Å². The predicted molar refractivity (Wildman–Crippen MR) is 92.9 cm³/mol. The van der Waals surface area contributed by atoms with Gasteiger partial charge in [-0.05, 0) is 24.7 Å². The van der Waals surface area contributed by atoms with E-state index in [9.17, 15) is 13.6 Å². The molecule has 0 radical (unpaired) electrons. The van der Waals surface area contributed by atoms with Gasteiger partial charge in [-0.1, -0.05) is 6.92 Å². The van der Waals surface area contributed by atoms with E-state index >= 15 is 0 Å². The molecule has 0 unspecified atom stereocenters. The van der Waals surface area contributed by atoms with Gasteiger partial charge in [-0.3, -0.25) is 9.78 Å². The third-order valence-electron chi connectivity index (χ3n) is 4.35. The molecule has 7 heteroatoms. The molecule has 1 fully saturated rings. The van der Waals surface area contributed by atoms with Crippen molar-refractivity contribution in [2.75, 3.05) is 42.9 Å². The minimum atomic E-state index is -1.00. The molecule has 1 amide bonds. The van der Waals surface area contributed by atoms with Crippen LogP contribution in [0.5, 0.6) is 0 Å². The van der Waals surface area contributed by atoms with Crippen molar-refractivity contribution in [3.8, 4) is 0 Å². The van der Waals surface area contributed by atoms with E-state index in [1.165, 1.54) is 12.3 Å². The molecule has 1 aromatic heterocycles. The van der Waals surface area contributed by atoms with E-state index in [1.807, 2.05) is 0 Å². The Morgan fingerprint density at radius 2 is 1.88 bits per heavy atom. The number of pyridine rings is 1. The zero-order chi connectivity index (χ0) is 17.8. The number of carbonyl (C=O) groups excluding carboxylic acids is 1. The quantitative estimate of drug-likeness (QED) is 0.925. The maximum absolute atomic E-state index is 13.3. The minimum Gasteiger partial charge on any atom is -0.368 e. The number of nitrogens with one attached hydrogen (secondary N) is 1. The number of rotatable bonds is 4. The number of piperazine rings is 1. The summed E-state index contributed by atoms with van der Waals surface area (Å²) in [4.78, 5) is 21.0. The molecular weight excluding hydrogens is 326 g/mol. The molecule has 1 saturated heterocycles. The van der Waals surface area contributed by atoms with Crippen LogP contribution in [0.2, 0.25) is 0 Å². The highest BCUT2D eigenvalue weighted by Gasteiger charge is 2.17. The Hall–Kier alpha value is -2.54. The van der Waals surface area contributed by atoms with Crippen molar-refractivity contribution in [1.29, 1.82) is 0 Å². The van der Waals surface area contributed by atoms with Crippen molar-refractivity contribution in [1.82, 2.24) is 9.88 Å². The van der Waals surface area contributed by atoms with Gasteiger partial charge in [0.1, 0.15) is 0 Å². The lowest BCUT2D eigenvalue weighted by Crippen LogP contribution is -2.46. The van der Waals surface area contributed by atoms with Gasteiger partial charge in [0.05, 0.1) is 17.4 Å². The Kier molecular flexibility index (Phi) is 5.23. The van der Waals surface area contributed by atoms with E-state index in [1.54, 1.807) is 12.3 Å². The van der Waals surface area contributed by atoms with Crippen LogP contribution in [-0.4, -0.2) is 48.5 Å². The van der Waals surface area contributed by atoms with Crippen molar-refractivity contribution in [2.45, 2.75) is 6.92 Å². The van der Waals surface area contributed by atoms with Crippen LogP contribution in [-0.2, 0) is 0 Å². The molecule has 0 aliphatic carbocycles. The number of carbonyl (C=O) groups is 1. The largest absolute Gasteiger partial charge is 0.368 e. The van der Waals surface area contributed by atoms with Crippen molar-refractivity contribution in [3.63, 3.8) is 0 Å². The first-order chi connectivity index (χ1) is 12.1. The molecule has 0 saturated carbocycles. The fourth-order valence-electron chi connectivity index (χ4n) is 2.82. The molecule has 5 nitrogen and oxygen atoms in total. The molecule has 0 bridgehead atoms. The molecule has 3 rings (SSSR count). The molecule has 1 aliphatic rings. The number of benzene rings is 1. The number of hydrogen-bond acceptors (Lipinski definition) is 4. The van der Waals surface area contributed by atoms with E-state index in [0.717, 1.165) is 50.5 Å². The standard InChI is InChI=1S/C18H20F2N4O/c1-2-23-5-7-24(8-6-23)15-9-13(11-21-12-15)18(25)22-14-3-4-16(19)17(20)10-14/h3-4,9-12H,2,5-8H2,1H3,(H,22,25). The second-order valence-corrected chi connectivity index (χ2v) is 5.94. The maximum Gasteiger partial charge on any atom is 0.257 e. The molecule has 1 N–H and O–H groups in total. The van der Waals surface area contributed by atoms with Gasteiger partial charge in [-0.2, -0.15) is 0 Å². The molecule has 0 spiro atoms. The van der Waals surface area contributed by atoms with Crippen LogP contribution in [0.4, 0.5) is 20.2 Å². The number of anilines is 2. The van der Waals surface area contributed by atoms with E-state index in [4.69, 9.17) is 0 Å². The summed E-state index contributed by atoms with van der Waals surface area (Å²) in [5, 5.41) is 2.56. The van der Waals surface area contributed by atoms with Gasteiger partial charge >= 0.3 is 0 Å². The van der Waals surface area contributed by atoms with Crippen molar-refractivity contribution >= 4 is 17.3 Å². The van der Waals surface area contributed by atoms with Crippen LogP contribution in [0, 0.1) is 11.6 Å². The number of nitrogens with zero attached hydrogens (tertiary/aromatic N) is 3. The summed E-state index contributed by atoms with van der Waals surface area (Å²) >= 11 is 0. The molecule has 2 aromatic rings. The highest BCUT2D eigenvalue weighted by atomic mass is 19.2. The summed E-state index contributed by atoms with van der Waals surface area (Å²) in [6.45, 7) is 6.88. The SMILES string of the molecule is CCN1CCN(c2cncc(C(=O)Nc3ccc(F)c(F)c3)c2)CC1. The Labute approximate surface area is 145 Å². The highest BCUT2D eigenvalue weighted by molar-refractivity contribution is 6.04. The van der Waals surface area contributed by atoms with E-state index < -0.39 is 17.5 Å². The van der Waals surface area contributed by atoms with Gasteiger partial charge in [0.25, 0.3) is 5.91 Å². The Balaban J connectivity index is 1.70. The van der Waals surface area contributed by atoms with Gasteiger partial charge in [-0.15, -0.1) is 0 Å². The first-order valence-electron chi connectivity index (χ1n) is 8.25. The van der Waals surface area contributed by atoms with Crippen LogP contribution in [0.15, 0.2) is 36.7 Å². The minimum absolute atomic E-state index is 0.200. The van der Waals surface area contributed by atoms with E-state index in [0.29, 0.717) is 5.56 Å². The number of amides is 1. The number of likely N-dealkylation sites (N-methyl/N-ethyl adjacent to an activating group) is 1. The predicted octanol–water partition coefficient (Wildman–Crippen LogP) is 2.75. The van der Waals surface area contributed by atoms with Crippen LogP contribution in [0.1, 0.15) is 17.3 Å². The Bertz CT molecular complexity index is 760.